The number of halogens is 1. The van der Waals surface area contributed by atoms with E-state index in [0.29, 0.717) is 41.2 Å². The molecule has 0 saturated heterocycles. The van der Waals surface area contributed by atoms with Crippen molar-refractivity contribution in [3.05, 3.63) is 83.4 Å². The summed E-state index contributed by atoms with van der Waals surface area (Å²) in [6.07, 6.45) is 1.41. The Morgan fingerprint density at radius 1 is 0.976 bits per heavy atom. The predicted octanol–water partition coefficient (Wildman–Crippen LogP) is 4.24. The zero-order valence-corrected chi connectivity index (χ0v) is 24.6. The van der Waals surface area contributed by atoms with Gasteiger partial charge in [-0.25, -0.2) is 13.8 Å². The number of hydrogen-bond donors (Lipinski definition) is 2. The van der Waals surface area contributed by atoms with E-state index in [9.17, 15) is 18.0 Å². The lowest BCUT2D eigenvalue weighted by molar-refractivity contribution is -0.123. The normalized spacial score (nSPS) is 11.3. The summed E-state index contributed by atoms with van der Waals surface area (Å²) in [5.41, 5.74) is 3.22. The molecule has 0 aliphatic heterocycles. The summed E-state index contributed by atoms with van der Waals surface area (Å²) in [6, 6.07) is 19.0. The molecular formula is C29H33ClN4O6S. The van der Waals surface area contributed by atoms with E-state index in [0.717, 1.165) is 4.31 Å². The molecule has 0 unspecified atom stereocenters. The van der Waals surface area contributed by atoms with Crippen LogP contribution in [0.5, 0.6) is 11.5 Å². The minimum atomic E-state index is -4.17. The second kappa shape index (κ2) is 15.1. The number of rotatable bonds is 14. The monoisotopic (exact) mass is 600 g/mol. The summed E-state index contributed by atoms with van der Waals surface area (Å²) in [5.74, 6) is 0.283. The molecule has 2 amide bonds. The van der Waals surface area contributed by atoms with Gasteiger partial charge in [-0.15, -0.1) is 0 Å². The number of nitrogens with one attached hydrogen (secondary N) is 2. The maximum Gasteiger partial charge on any atom is 0.264 e. The maximum absolute atomic E-state index is 13.6. The average Bonchev–Trinajstić information content (AvgIpc) is 2.95. The first kappa shape index (κ1) is 31.4. The van der Waals surface area contributed by atoms with Crippen molar-refractivity contribution in [2.75, 3.05) is 30.6 Å². The minimum Gasteiger partial charge on any atom is -0.492 e. The van der Waals surface area contributed by atoms with Crippen LogP contribution in [-0.2, 0) is 19.6 Å². The van der Waals surface area contributed by atoms with E-state index < -0.39 is 22.5 Å². The van der Waals surface area contributed by atoms with E-state index in [2.05, 4.69) is 15.8 Å². The number of carbonyl (C=O) groups is 2. The standard InChI is InChI=1S/C29H33ClN4O6S/c1-4-39-27-8-6-5-7-26(27)34(41(37,38)25-15-11-23(30)12-16-25)19-28(35)33-32-18-22-9-13-24(14-10-22)40-20-29(36)31-17-21(2)3/h5-16,18,21H,4,17,19-20H2,1-3H3,(H,31,36)(H,33,35)/b32-18-. The van der Waals surface area contributed by atoms with Crippen molar-refractivity contribution in [1.82, 2.24) is 10.7 Å². The minimum absolute atomic E-state index is 0.0378. The fourth-order valence-corrected chi connectivity index (χ4v) is 5.04. The number of anilines is 1. The van der Waals surface area contributed by atoms with Gasteiger partial charge in [0.05, 0.1) is 23.4 Å². The van der Waals surface area contributed by atoms with Gasteiger partial charge >= 0.3 is 0 Å². The lowest BCUT2D eigenvalue weighted by atomic mass is 10.2. The molecule has 0 heterocycles. The van der Waals surface area contributed by atoms with Crippen LogP contribution in [-0.4, -0.2) is 52.8 Å². The summed E-state index contributed by atoms with van der Waals surface area (Å²) in [4.78, 5) is 24.6. The molecule has 0 aliphatic carbocycles. The third-order valence-electron chi connectivity index (χ3n) is 5.48. The molecule has 41 heavy (non-hydrogen) atoms. The molecule has 0 atom stereocenters. The van der Waals surface area contributed by atoms with Gasteiger partial charge in [0.2, 0.25) is 0 Å². The molecule has 3 rings (SSSR count). The Morgan fingerprint density at radius 3 is 2.32 bits per heavy atom. The van der Waals surface area contributed by atoms with Crippen molar-refractivity contribution in [1.29, 1.82) is 0 Å². The molecule has 0 aromatic heterocycles. The fourth-order valence-electron chi connectivity index (χ4n) is 3.49. The first-order valence-electron chi connectivity index (χ1n) is 12.9. The van der Waals surface area contributed by atoms with Crippen molar-refractivity contribution in [2.45, 2.75) is 25.7 Å². The zero-order chi connectivity index (χ0) is 29.8. The average molecular weight is 601 g/mol. The summed E-state index contributed by atoms with van der Waals surface area (Å²) >= 11 is 5.94. The third-order valence-corrected chi connectivity index (χ3v) is 7.51. The molecule has 2 N–H and O–H groups in total. The molecular weight excluding hydrogens is 568 g/mol. The van der Waals surface area contributed by atoms with Gasteiger partial charge in [0.15, 0.2) is 6.61 Å². The topological polar surface area (TPSA) is 126 Å². The van der Waals surface area contributed by atoms with Crippen molar-refractivity contribution in [3.63, 3.8) is 0 Å². The quantitative estimate of drug-likeness (QED) is 0.211. The highest BCUT2D eigenvalue weighted by molar-refractivity contribution is 7.92. The number of ether oxygens (including phenoxy) is 2. The Hall–Kier alpha value is -4.09. The maximum atomic E-state index is 13.6. The molecule has 12 heteroatoms. The van der Waals surface area contributed by atoms with Gasteiger partial charge in [-0.05, 0) is 79.1 Å². The van der Waals surface area contributed by atoms with Gasteiger partial charge in [-0.2, -0.15) is 5.10 Å². The number of benzene rings is 3. The van der Waals surface area contributed by atoms with Crippen LogP contribution < -0.4 is 24.5 Å². The van der Waals surface area contributed by atoms with Crippen LogP contribution in [0.3, 0.4) is 0 Å². The molecule has 10 nitrogen and oxygen atoms in total. The fraction of sp³-hybridized carbons (Fsp3) is 0.276. The van der Waals surface area contributed by atoms with E-state index in [1.807, 2.05) is 13.8 Å². The first-order valence-corrected chi connectivity index (χ1v) is 14.7. The van der Waals surface area contributed by atoms with Gasteiger partial charge in [-0.1, -0.05) is 37.6 Å². The zero-order valence-electron chi connectivity index (χ0n) is 23.0. The Labute approximate surface area is 245 Å². The van der Waals surface area contributed by atoms with Crippen molar-refractivity contribution in [2.24, 2.45) is 11.0 Å². The van der Waals surface area contributed by atoms with Crippen LogP contribution in [0, 0.1) is 5.92 Å². The van der Waals surface area contributed by atoms with E-state index in [1.165, 1.54) is 30.5 Å². The number of hydrazone groups is 1. The van der Waals surface area contributed by atoms with E-state index in [1.54, 1.807) is 55.5 Å². The molecule has 0 fully saturated rings. The Morgan fingerprint density at radius 2 is 1.66 bits per heavy atom. The summed E-state index contributed by atoms with van der Waals surface area (Å²) in [5, 5.41) is 7.11. The first-order chi connectivity index (χ1) is 19.6. The van der Waals surface area contributed by atoms with Crippen LogP contribution in [0.25, 0.3) is 0 Å². The molecule has 0 bridgehead atoms. The Bertz CT molecular complexity index is 1440. The van der Waals surface area contributed by atoms with Gasteiger partial charge in [0, 0.05) is 11.6 Å². The molecule has 0 spiro atoms. The molecule has 0 radical (unpaired) electrons. The van der Waals surface area contributed by atoms with Crippen molar-refractivity contribution >= 4 is 45.3 Å². The van der Waals surface area contributed by atoms with Gasteiger partial charge in [-0.3, -0.25) is 13.9 Å². The number of sulfonamides is 1. The number of nitrogens with zero attached hydrogens (tertiary/aromatic N) is 2. The highest BCUT2D eigenvalue weighted by atomic mass is 35.5. The van der Waals surface area contributed by atoms with Crippen LogP contribution in [0.2, 0.25) is 5.02 Å². The smallest absolute Gasteiger partial charge is 0.264 e. The number of hydrogen-bond acceptors (Lipinski definition) is 7. The van der Waals surface area contributed by atoms with Crippen LogP contribution in [0.1, 0.15) is 26.3 Å². The lowest BCUT2D eigenvalue weighted by Gasteiger charge is -2.25. The van der Waals surface area contributed by atoms with Crippen molar-refractivity contribution < 1.29 is 27.5 Å². The largest absolute Gasteiger partial charge is 0.492 e. The summed E-state index contributed by atoms with van der Waals surface area (Å²) < 4.78 is 39.3. The number of para-hydroxylation sites is 2. The molecule has 0 saturated carbocycles. The highest BCUT2D eigenvalue weighted by Crippen LogP contribution is 2.32. The summed E-state index contributed by atoms with van der Waals surface area (Å²) in [7, 11) is -4.17. The van der Waals surface area contributed by atoms with Gasteiger partial charge in [0.25, 0.3) is 21.8 Å². The highest BCUT2D eigenvalue weighted by Gasteiger charge is 2.29. The van der Waals surface area contributed by atoms with Crippen LogP contribution >= 0.6 is 11.6 Å². The van der Waals surface area contributed by atoms with Crippen LogP contribution in [0.4, 0.5) is 5.69 Å². The van der Waals surface area contributed by atoms with E-state index in [4.69, 9.17) is 21.1 Å². The Balaban J connectivity index is 1.69. The lowest BCUT2D eigenvalue weighted by Crippen LogP contribution is -2.39. The van der Waals surface area contributed by atoms with Crippen LogP contribution in [0.15, 0.2) is 82.8 Å². The second-order valence-electron chi connectivity index (χ2n) is 9.22. The molecule has 218 valence electrons. The van der Waals surface area contributed by atoms with Gasteiger partial charge < -0.3 is 14.8 Å². The Kier molecular flexibility index (Phi) is 11.5. The summed E-state index contributed by atoms with van der Waals surface area (Å²) in [6.45, 7) is 6.01. The molecule has 3 aromatic rings. The van der Waals surface area contributed by atoms with Gasteiger partial charge in [0.1, 0.15) is 18.0 Å². The third kappa shape index (κ3) is 9.51. The van der Waals surface area contributed by atoms with E-state index >= 15 is 0 Å². The predicted molar refractivity (Wildman–Crippen MR) is 159 cm³/mol. The molecule has 0 aliphatic rings. The second-order valence-corrected chi connectivity index (χ2v) is 11.5. The number of carbonyl (C=O) groups excluding carboxylic acids is 2. The number of amides is 2. The molecule has 3 aromatic carbocycles. The van der Waals surface area contributed by atoms with Crippen molar-refractivity contribution in [3.8, 4) is 11.5 Å². The van der Waals surface area contributed by atoms with E-state index in [-0.39, 0.29) is 23.1 Å². The SMILES string of the molecule is CCOc1ccccc1N(CC(=O)N/N=C\c1ccc(OCC(=O)NCC(C)C)cc1)S(=O)(=O)c1ccc(Cl)cc1.